The molecule has 2 rings (SSSR count). The first kappa shape index (κ1) is 12.5. The monoisotopic (exact) mass is 234 g/mol. The number of unbranched alkanes of at least 4 members (excludes halogenated alkanes) is 3. The third kappa shape index (κ3) is 3.24. The molecule has 0 aliphatic carbocycles. The Balaban J connectivity index is 1.83. The molecule has 1 aliphatic rings. The number of rotatable bonds is 6. The molecule has 0 amide bonds. The van der Waals surface area contributed by atoms with Gasteiger partial charge in [0.05, 0.1) is 13.2 Å². The highest BCUT2D eigenvalue weighted by molar-refractivity contribution is 6.61. The Morgan fingerprint density at radius 1 is 1.35 bits per heavy atom. The van der Waals surface area contributed by atoms with Crippen molar-refractivity contribution < 1.29 is 14.4 Å². The Hall–Kier alpha value is -0.995. The average molecular weight is 234 g/mol. The van der Waals surface area contributed by atoms with Crippen LogP contribution in [0.25, 0.3) is 0 Å². The quantitative estimate of drug-likeness (QED) is 0.603. The zero-order chi connectivity index (χ0) is 12.1. The highest BCUT2D eigenvalue weighted by atomic mass is 16.5. The molecule has 4 heteroatoms. The Bertz CT molecular complexity index is 368. The van der Waals surface area contributed by atoms with Gasteiger partial charge in [-0.1, -0.05) is 32.3 Å². The van der Waals surface area contributed by atoms with Crippen LogP contribution in [-0.4, -0.2) is 18.7 Å². The van der Waals surface area contributed by atoms with Crippen molar-refractivity contribution in [2.24, 2.45) is 0 Å². The van der Waals surface area contributed by atoms with Crippen LogP contribution in [0.4, 0.5) is 0 Å². The van der Waals surface area contributed by atoms with Crippen molar-refractivity contribution in [3.8, 4) is 5.75 Å². The molecule has 1 aliphatic heterocycles. The Kier molecular flexibility index (Phi) is 4.46. The van der Waals surface area contributed by atoms with Crippen molar-refractivity contribution in [1.29, 1.82) is 0 Å². The Morgan fingerprint density at radius 2 is 2.24 bits per heavy atom. The summed E-state index contributed by atoms with van der Waals surface area (Å²) in [6.45, 7) is 3.44. The normalized spacial score (nSPS) is 13.9. The van der Waals surface area contributed by atoms with Crippen LogP contribution in [-0.2, 0) is 11.3 Å². The van der Waals surface area contributed by atoms with E-state index in [9.17, 15) is 5.02 Å². The molecule has 0 bridgehead atoms. The molecule has 0 unspecified atom stereocenters. The second kappa shape index (κ2) is 6.08. The van der Waals surface area contributed by atoms with Gasteiger partial charge in [0.15, 0.2) is 0 Å². The van der Waals surface area contributed by atoms with Crippen LogP contribution in [0.5, 0.6) is 5.75 Å². The van der Waals surface area contributed by atoms with Crippen molar-refractivity contribution in [3.05, 3.63) is 23.8 Å². The van der Waals surface area contributed by atoms with Crippen LogP contribution in [0.15, 0.2) is 18.2 Å². The highest BCUT2D eigenvalue weighted by Gasteiger charge is 2.27. The average Bonchev–Trinajstić information content (AvgIpc) is 2.71. The molecule has 92 valence electrons. The predicted octanol–water partition coefficient (Wildman–Crippen LogP) is 1.86. The second-order valence-corrected chi connectivity index (χ2v) is 4.43. The number of benzene rings is 1. The fraction of sp³-hybridized carbons (Fsp3) is 0.538. The van der Waals surface area contributed by atoms with Crippen LogP contribution in [0.3, 0.4) is 0 Å². The summed E-state index contributed by atoms with van der Waals surface area (Å²) in [6, 6.07) is 5.79. The van der Waals surface area contributed by atoms with E-state index in [0.29, 0.717) is 6.61 Å². The van der Waals surface area contributed by atoms with Crippen molar-refractivity contribution in [3.63, 3.8) is 0 Å². The molecule has 1 N–H and O–H groups in total. The van der Waals surface area contributed by atoms with Crippen molar-refractivity contribution in [2.75, 3.05) is 6.61 Å². The first-order valence-electron chi connectivity index (χ1n) is 6.36. The fourth-order valence-corrected chi connectivity index (χ4v) is 2.00. The van der Waals surface area contributed by atoms with Crippen LogP contribution in [0, 0.1) is 0 Å². The Labute approximate surface area is 103 Å². The smallest absolute Gasteiger partial charge is 0.491 e. The molecule has 0 spiro atoms. The molecule has 0 fully saturated rings. The standard InChI is InChI=1S/C13H19BO3/c1-2-3-4-5-8-16-12-7-6-11-10-17-14(15)13(11)9-12/h6-7,9,15H,2-5,8,10H2,1H3. The molecule has 0 radical (unpaired) electrons. The lowest BCUT2D eigenvalue weighted by atomic mass is 9.79. The van der Waals surface area contributed by atoms with E-state index in [0.717, 1.165) is 29.8 Å². The largest absolute Gasteiger partial charge is 0.494 e. The molecule has 0 atom stereocenters. The van der Waals surface area contributed by atoms with Gasteiger partial charge in [-0.3, -0.25) is 0 Å². The molecule has 0 aromatic heterocycles. The van der Waals surface area contributed by atoms with Gasteiger partial charge in [-0.15, -0.1) is 0 Å². The van der Waals surface area contributed by atoms with Crippen LogP contribution in [0.1, 0.15) is 38.2 Å². The van der Waals surface area contributed by atoms with Gasteiger partial charge in [-0.25, -0.2) is 0 Å². The maximum absolute atomic E-state index is 9.57. The molecular weight excluding hydrogens is 215 g/mol. The molecule has 17 heavy (non-hydrogen) atoms. The summed E-state index contributed by atoms with van der Waals surface area (Å²) in [5.74, 6) is 0.824. The van der Waals surface area contributed by atoms with Crippen LogP contribution < -0.4 is 10.2 Å². The molecule has 3 nitrogen and oxygen atoms in total. The van der Waals surface area contributed by atoms with Crippen molar-refractivity contribution in [2.45, 2.75) is 39.2 Å². The second-order valence-electron chi connectivity index (χ2n) is 4.43. The highest BCUT2D eigenvalue weighted by Crippen LogP contribution is 2.16. The van der Waals surface area contributed by atoms with E-state index in [1.807, 2.05) is 18.2 Å². The summed E-state index contributed by atoms with van der Waals surface area (Å²) in [6.07, 6.45) is 4.81. The minimum absolute atomic E-state index is 0.493. The zero-order valence-corrected chi connectivity index (χ0v) is 10.3. The lowest BCUT2D eigenvalue weighted by Crippen LogP contribution is -2.28. The maximum atomic E-state index is 9.57. The summed E-state index contributed by atoms with van der Waals surface area (Å²) < 4.78 is 10.8. The lowest BCUT2D eigenvalue weighted by molar-refractivity contribution is 0.275. The van der Waals surface area contributed by atoms with Gasteiger partial charge < -0.3 is 14.4 Å². The summed E-state index contributed by atoms with van der Waals surface area (Å²) in [5.41, 5.74) is 1.90. The van der Waals surface area contributed by atoms with Crippen LogP contribution in [0.2, 0.25) is 0 Å². The van der Waals surface area contributed by atoms with E-state index in [1.54, 1.807) is 0 Å². The van der Waals surface area contributed by atoms with E-state index >= 15 is 0 Å². The van der Waals surface area contributed by atoms with Gasteiger partial charge in [0.1, 0.15) is 5.75 Å². The molecule has 1 heterocycles. The van der Waals surface area contributed by atoms with Gasteiger partial charge in [0.2, 0.25) is 0 Å². The minimum atomic E-state index is -0.784. The summed E-state index contributed by atoms with van der Waals surface area (Å²) in [5, 5.41) is 9.57. The molecule has 0 saturated heterocycles. The van der Waals surface area contributed by atoms with Gasteiger partial charge in [0.25, 0.3) is 0 Å². The molecule has 0 saturated carbocycles. The maximum Gasteiger partial charge on any atom is 0.491 e. The molecular formula is C13H19BO3. The Morgan fingerprint density at radius 3 is 3.06 bits per heavy atom. The number of hydrogen-bond donors (Lipinski definition) is 1. The van der Waals surface area contributed by atoms with E-state index in [1.165, 1.54) is 19.3 Å². The van der Waals surface area contributed by atoms with E-state index in [2.05, 4.69) is 6.92 Å². The summed E-state index contributed by atoms with van der Waals surface area (Å²) in [7, 11) is -0.784. The van der Waals surface area contributed by atoms with E-state index in [-0.39, 0.29) is 0 Å². The third-order valence-corrected chi connectivity index (χ3v) is 3.05. The topological polar surface area (TPSA) is 38.7 Å². The third-order valence-electron chi connectivity index (χ3n) is 3.05. The fourth-order valence-electron chi connectivity index (χ4n) is 2.00. The zero-order valence-electron chi connectivity index (χ0n) is 10.3. The van der Waals surface area contributed by atoms with Crippen molar-refractivity contribution in [1.82, 2.24) is 0 Å². The number of hydrogen-bond acceptors (Lipinski definition) is 3. The predicted molar refractivity (Wildman–Crippen MR) is 68.5 cm³/mol. The number of fused-ring (bicyclic) bond motifs is 1. The van der Waals surface area contributed by atoms with Crippen molar-refractivity contribution >= 4 is 12.6 Å². The van der Waals surface area contributed by atoms with E-state index in [4.69, 9.17) is 9.39 Å². The lowest BCUT2D eigenvalue weighted by Gasteiger charge is -2.07. The first-order valence-corrected chi connectivity index (χ1v) is 6.36. The van der Waals surface area contributed by atoms with Gasteiger partial charge in [0, 0.05) is 0 Å². The summed E-state index contributed by atoms with van der Waals surface area (Å²) >= 11 is 0. The van der Waals surface area contributed by atoms with Gasteiger partial charge in [-0.05, 0) is 29.6 Å². The first-order chi connectivity index (χ1) is 8.31. The SMILES string of the molecule is CCCCCCOc1ccc2c(c1)B(O)OC2. The number of ether oxygens (including phenoxy) is 1. The summed E-state index contributed by atoms with van der Waals surface area (Å²) in [4.78, 5) is 0. The van der Waals surface area contributed by atoms with E-state index < -0.39 is 7.12 Å². The molecule has 1 aromatic carbocycles. The molecule has 1 aromatic rings. The van der Waals surface area contributed by atoms with Gasteiger partial charge >= 0.3 is 7.12 Å². The minimum Gasteiger partial charge on any atom is -0.494 e. The van der Waals surface area contributed by atoms with Gasteiger partial charge in [-0.2, -0.15) is 0 Å². The van der Waals surface area contributed by atoms with Crippen LogP contribution >= 0.6 is 0 Å².